The fraction of sp³-hybridized carbons (Fsp3) is 0.400. The molecule has 0 unspecified atom stereocenters. The number of aromatic nitrogens is 1. The zero-order chi connectivity index (χ0) is 19.1. The van der Waals surface area contributed by atoms with E-state index in [-0.39, 0.29) is 29.8 Å². The smallest absolute Gasteiger partial charge is 0.218 e. The van der Waals surface area contributed by atoms with Crippen LogP contribution in [0.15, 0.2) is 47.6 Å². The molecule has 2 aromatic rings. The minimum Gasteiger partial charge on any atom is -0.478 e. The fourth-order valence-electron chi connectivity index (χ4n) is 3.16. The van der Waals surface area contributed by atoms with Crippen molar-refractivity contribution >= 4 is 35.6 Å². The average Bonchev–Trinajstić information content (AvgIpc) is 2.71. The highest BCUT2D eigenvalue weighted by atomic mass is 127. The van der Waals surface area contributed by atoms with Gasteiger partial charge in [0.2, 0.25) is 5.88 Å². The van der Waals surface area contributed by atoms with E-state index in [0.29, 0.717) is 19.0 Å². The van der Waals surface area contributed by atoms with Crippen molar-refractivity contribution in [2.24, 2.45) is 4.99 Å². The van der Waals surface area contributed by atoms with E-state index in [1.54, 1.807) is 13.2 Å². The molecule has 2 heterocycles. The van der Waals surface area contributed by atoms with Crippen LogP contribution in [0, 0.1) is 5.82 Å². The Hall–Kier alpha value is -2.10. The summed E-state index contributed by atoms with van der Waals surface area (Å²) in [6.07, 6.45) is 1.73. The number of rotatable bonds is 5. The minimum absolute atomic E-state index is 0. The SMILES string of the molecule is CCOc1ncccc1CNC(=NC)N1CCN(c2ccc(F)cc2)CC1.I. The molecule has 6 nitrogen and oxygen atoms in total. The summed E-state index contributed by atoms with van der Waals surface area (Å²) in [5.74, 6) is 1.31. The lowest BCUT2D eigenvalue weighted by molar-refractivity contribution is 0.322. The Morgan fingerprint density at radius 2 is 1.89 bits per heavy atom. The average molecular weight is 499 g/mol. The zero-order valence-electron chi connectivity index (χ0n) is 16.3. The molecule has 28 heavy (non-hydrogen) atoms. The van der Waals surface area contributed by atoms with Gasteiger partial charge in [0.25, 0.3) is 0 Å². The molecule has 0 spiro atoms. The second-order valence-electron chi connectivity index (χ2n) is 6.25. The molecule has 1 aromatic heterocycles. The first-order chi connectivity index (χ1) is 13.2. The molecule has 1 aliphatic rings. The van der Waals surface area contributed by atoms with E-state index in [0.717, 1.165) is 43.4 Å². The number of nitrogens with zero attached hydrogens (tertiary/aromatic N) is 4. The summed E-state index contributed by atoms with van der Waals surface area (Å²) in [7, 11) is 1.79. The van der Waals surface area contributed by atoms with Gasteiger partial charge in [-0.1, -0.05) is 6.07 Å². The number of ether oxygens (including phenoxy) is 1. The number of hydrogen-bond donors (Lipinski definition) is 1. The van der Waals surface area contributed by atoms with Crippen LogP contribution in [0.25, 0.3) is 0 Å². The van der Waals surface area contributed by atoms with Gasteiger partial charge in [-0.15, -0.1) is 24.0 Å². The summed E-state index contributed by atoms with van der Waals surface area (Å²) >= 11 is 0. The highest BCUT2D eigenvalue weighted by Gasteiger charge is 2.20. The number of piperazine rings is 1. The maximum atomic E-state index is 13.1. The standard InChI is InChI=1S/C20H26FN5O.HI/c1-3-27-19-16(5-4-10-23-19)15-24-20(22-2)26-13-11-25(12-14-26)18-8-6-17(21)7-9-18;/h4-10H,3,11-15H2,1-2H3,(H,22,24);1H. The molecular weight excluding hydrogens is 472 g/mol. The van der Waals surface area contributed by atoms with Gasteiger partial charge in [-0.05, 0) is 37.3 Å². The van der Waals surface area contributed by atoms with Crippen molar-refractivity contribution in [2.45, 2.75) is 13.5 Å². The monoisotopic (exact) mass is 499 g/mol. The third-order valence-corrected chi connectivity index (χ3v) is 4.55. The van der Waals surface area contributed by atoms with Gasteiger partial charge in [-0.3, -0.25) is 4.99 Å². The lowest BCUT2D eigenvalue weighted by Gasteiger charge is -2.37. The number of halogens is 2. The predicted molar refractivity (Wildman–Crippen MR) is 121 cm³/mol. The summed E-state index contributed by atoms with van der Waals surface area (Å²) < 4.78 is 18.7. The number of anilines is 1. The Morgan fingerprint density at radius 1 is 1.18 bits per heavy atom. The first-order valence-corrected chi connectivity index (χ1v) is 9.24. The number of aliphatic imine (C=N–C) groups is 1. The van der Waals surface area contributed by atoms with Crippen LogP contribution < -0.4 is 15.0 Å². The minimum atomic E-state index is -0.205. The maximum Gasteiger partial charge on any atom is 0.218 e. The van der Waals surface area contributed by atoms with E-state index >= 15 is 0 Å². The second kappa shape index (κ2) is 11.0. The third-order valence-electron chi connectivity index (χ3n) is 4.55. The van der Waals surface area contributed by atoms with Gasteiger partial charge in [0.15, 0.2) is 5.96 Å². The zero-order valence-corrected chi connectivity index (χ0v) is 18.6. The number of benzene rings is 1. The van der Waals surface area contributed by atoms with Crippen molar-refractivity contribution in [3.63, 3.8) is 0 Å². The normalized spacial score (nSPS) is 14.5. The van der Waals surface area contributed by atoms with E-state index in [1.165, 1.54) is 12.1 Å². The van der Waals surface area contributed by atoms with Crippen molar-refractivity contribution in [3.05, 3.63) is 54.0 Å². The molecular formula is C20H27FIN5O. The molecule has 1 saturated heterocycles. The molecule has 1 fully saturated rings. The number of guanidine groups is 1. The molecule has 3 rings (SSSR count). The van der Waals surface area contributed by atoms with E-state index in [2.05, 4.69) is 25.1 Å². The molecule has 0 radical (unpaired) electrons. The summed E-state index contributed by atoms with van der Waals surface area (Å²) in [5, 5.41) is 3.40. The van der Waals surface area contributed by atoms with Crippen molar-refractivity contribution in [2.75, 3.05) is 44.7 Å². The Labute approximate surface area is 182 Å². The van der Waals surface area contributed by atoms with E-state index in [4.69, 9.17) is 4.74 Å². The lowest BCUT2D eigenvalue weighted by atomic mass is 10.2. The van der Waals surface area contributed by atoms with Crippen LogP contribution in [0.1, 0.15) is 12.5 Å². The molecule has 0 bridgehead atoms. The predicted octanol–water partition coefficient (Wildman–Crippen LogP) is 3.14. The van der Waals surface area contributed by atoms with Crippen molar-refractivity contribution in [1.29, 1.82) is 0 Å². The van der Waals surface area contributed by atoms with Gasteiger partial charge in [0.05, 0.1) is 6.61 Å². The van der Waals surface area contributed by atoms with Crippen LogP contribution in [0.3, 0.4) is 0 Å². The van der Waals surface area contributed by atoms with Crippen LogP contribution in [-0.2, 0) is 6.54 Å². The van der Waals surface area contributed by atoms with E-state index < -0.39 is 0 Å². The molecule has 8 heteroatoms. The fourth-order valence-corrected chi connectivity index (χ4v) is 3.16. The molecule has 1 aliphatic heterocycles. The highest BCUT2D eigenvalue weighted by molar-refractivity contribution is 14.0. The van der Waals surface area contributed by atoms with Gasteiger partial charge in [0.1, 0.15) is 5.82 Å². The summed E-state index contributed by atoms with van der Waals surface area (Å²) in [6.45, 7) is 6.57. The molecule has 0 saturated carbocycles. The van der Waals surface area contributed by atoms with Crippen molar-refractivity contribution in [1.82, 2.24) is 15.2 Å². The van der Waals surface area contributed by atoms with Crippen LogP contribution in [0.5, 0.6) is 5.88 Å². The summed E-state index contributed by atoms with van der Waals surface area (Å²) in [4.78, 5) is 13.2. The lowest BCUT2D eigenvalue weighted by Crippen LogP contribution is -2.52. The number of pyridine rings is 1. The molecule has 152 valence electrons. The Kier molecular flexibility index (Phi) is 8.75. The first-order valence-electron chi connectivity index (χ1n) is 9.24. The quantitative estimate of drug-likeness (QED) is 0.390. The van der Waals surface area contributed by atoms with Crippen molar-refractivity contribution < 1.29 is 9.13 Å². The molecule has 0 atom stereocenters. The second-order valence-corrected chi connectivity index (χ2v) is 6.25. The van der Waals surface area contributed by atoms with Gasteiger partial charge in [0, 0.05) is 57.2 Å². The van der Waals surface area contributed by atoms with Crippen molar-refractivity contribution in [3.8, 4) is 5.88 Å². The van der Waals surface area contributed by atoms with Gasteiger partial charge in [-0.25, -0.2) is 9.37 Å². The molecule has 0 aliphatic carbocycles. The Bertz CT molecular complexity index is 763. The number of nitrogens with one attached hydrogen (secondary N) is 1. The van der Waals surface area contributed by atoms with Crippen LogP contribution >= 0.6 is 24.0 Å². The molecule has 0 amide bonds. The Morgan fingerprint density at radius 3 is 2.54 bits per heavy atom. The van der Waals surface area contributed by atoms with Crippen LogP contribution in [-0.4, -0.2) is 55.7 Å². The van der Waals surface area contributed by atoms with Gasteiger partial charge in [-0.2, -0.15) is 0 Å². The summed E-state index contributed by atoms with van der Waals surface area (Å²) in [6, 6.07) is 10.6. The molecule has 1 aromatic carbocycles. The van der Waals surface area contributed by atoms with Gasteiger partial charge >= 0.3 is 0 Å². The first kappa shape index (κ1) is 22.2. The van der Waals surface area contributed by atoms with Crippen LogP contribution in [0.2, 0.25) is 0 Å². The topological polar surface area (TPSA) is 53.0 Å². The van der Waals surface area contributed by atoms with E-state index in [9.17, 15) is 4.39 Å². The van der Waals surface area contributed by atoms with Gasteiger partial charge < -0.3 is 19.9 Å². The Balaban J connectivity index is 0.00000280. The number of hydrogen-bond acceptors (Lipinski definition) is 4. The molecule has 1 N–H and O–H groups in total. The summed E-state index contributed by atoms with van der Waals surface area (Å²) in [5.41, 5.74) is 2.06. The third kappa shape index (κ3) is 5.70. The highest BCUT2D eigenvalue weighted by Crippen LogP contribution is 2.17. The maximum absolute atomic E-state index is 13.1. The van der Waals surface area contributed by atoms with Crippen LogP contribution in [0.4, 0.5) is 10.1 Å². The largest absolute Gasteiger partial charge is 0.478 e. The van der Waals surface area contributed by atoms with E-state index in [1.807, 2.05) is 31.2 Å².